The van der Waals surface area contributed by atoms with E-state index < -0.39 is 0 Å². The Bertz CT molecular complexity index is 2400. The van der Waals surface area contributed by atoms with Crippen LogP contribution in [0, 0.1) is 6.92 Å². The van der Waals surface area contributed by atoms with Crippen LogP contribution in [-0.4, -0.2) is 19.5 Å². The van der Waals surface area contributed by atoms with Gasteiger partial charge in [-0.2, -0.15) is 0 Å². The molecule has 0 amide bonds. The van der Waals surface area contributed by atoms with Gasteiger partial charge in [0, 0.05) is 44.4 Å². The lowest BCUT2D eigenvalue weighted by Crippen LogP contribution is -2.21. The number of nitrogens with zero attached hydrogens (tertiary/aromatic N) is 4. The lowest BCUT2D eigenvalue weighted by Gasteiger charge is -2.27. The third-order valence-corrected chi connectivity index (χ3v) is 9.21. The fourth-order valence-electron chi connectivity index (χ4n) is 6.56. The average molecular weight is 587 g/mol. The number of aromatic nitrogens is 4. The van der Waals surface area contributed by atoms with Gasteiger partial charge >= 0.3 is 0 Å². The monoisotopic (exact) mass is 586 g/mol. The molecule has 0 unspecified atom stereocenters. The maximum Gasteiger partial charge on any atom is 0.227 e. The van der Waals surface area contributed by atoms with Gasteiger partial charge in [0.1, 0.15) is 11.4 Å². The van der Waals surface area contributed by atoms with E-state index in [-0.39, 0.29) is 5.41 Å². The van der Waals surface area contributed by atoms with Gasteiger partial charge in [-0.1, -0.05) is 76.2 Å². The van der Waals surface area contributed by atoms with Crippen molar-refractivity contribution in [2.75, 3.05) is 0 Å². The molecule has 0 atom stereocenters. The molecule has 5 heteroatoms. The van der Waals surface area contributed by atoms with Gasteiger partial charge in [-0.3, -0.25) is 9.55 Å². The van der Waals surface area contributed by atoms with E-state index in [1.165, 1.54) is 21.9 Å². The van der Waals surface area contributed by atoms with Gasteiger partial charge in [0.25, 0.3) is 0 Å². The molecule has 5 heterocycles. The first-order valence-electron chi connectivity index (χ1n) is 15.6. The van der Waals surface area contributed by atoms with Crippen molar-refractivity contribution >= 4 is 43.9 Å². The average Bonchev–Trinajstić information content (AvgIpc) is 3.59. The highest BCUT2D eigenvalue weighted by Crippen LogP contribution is 2.40. The fourth-order valence-corrected chi connectivity index (χ4v) is 6.56. The van der Waals surface area contributed by atoms with Gasteiger partial charge in [-0.05, 0) is 78.6 Å². The molecule has 8 rings (SSSR count). The van der Waals surface area contributed by atoms with Gasteiger partial charge in [-0.15, -0.1) is 0 Å². The topological polar surface area (TPSA) is 56.7 Å². The number of furan rings is 1. The Morgan fingerprint density at radius 1 is 0.711 bits per heavy atom. The third-order valence-electron chi connectivity index (χ3n) is 9.21. The fraction of sp³-hybridized carbons (Fsp3) is 0.175. The largest absolute Gasteiger partial charge is 0.437 e. The summed E-state index contributed by atoms with van der Waals surface area (Å²) in [5, 5.41) is 4.50. The Kier molecular flexibility index (Phi) is 6.14. The Balaban J connectivity index is 1.33. The van der Waals surface area contributed by atoms with Gasteiger partial charge in [-0.25, -0.2) is 9.97 Å². The normalized spacial score (nSPS) is 12.3. The second-order valence-corrected chi connectivity index (χ2v) is 12.8. The predicted molar refractivity (Wildman–Crippen MR) is 184 cm³/mol. The molecule has 5 aromatic heterocycles. The Morgan fingerprint density at radius 2 is 1.49 bits per heavy atom. The molecule has 0 bridgehead atoms. The van der Waals surface area contributed by atoms with Crippen LogP contribution in [0.1, 0.15) is 56.1 Å². The Morgan fingerprint density at radius 3 is 2.31 bits per heavy atom. The molecule has 0 aliphatic carbocycles. The molecule has 0 aliphatic rings. The SMILES string of the molecule is Cc1ccc2c(n1)oc1c(-c3cc(C(C)C)cc(C(C)(C)c4ccc5c6ccccc6n(-c6ccccn6)c5c4)n3)cccc12. The zero-order chi connectivity index (χ0) is 30.9. The highest BCUT2D eigenvalue weighted by molar-refractivity contribution is 6.10. The highest BCUT2D eigenvalue weighted by Gasteiger charge is 2.28. The van der Waals surface area contributed by atoms with Crippen LogP contribution in [0.3, 0.4) is 0 Å². The summed E-state index contributed by atoms with van der Waals surface area (Å²) in [7, 11) is 0. The van der Waals surface area contributed by atoms with Crippen LogP contribution < -0.4 is 0 Å². The smallest absolute Gasteiger partial charge is 0.227 e. The molecular formula is C40H34N4O. The third kappa shape index (κ3) is 4.33. The van der Waals surface area contributed by atoms with Gasteiger partial charge < -0.3 is 4.42 Å². The maximum atomic E-state index is 6.40. The van der Waals surface area contributed by atoms with Crippen LogP contribution in [0.4, 0.5) is 0 Å². The molecule has 8 aromatic rings. The minimum Gasteiger partial charge on any atom is -0.437 e. The van der Waals surface area contributed by atoms with Crippen LogP contribution in [0.2, 0.25) is 0 Å². The Labute approximate surface area is 262 Å². The van der Waals surface area contributed by atoms with Crippen LogP contribution in [-0.2, 0) is 5.41 Å². The van der Waals surface area contributed by atoms with Crippen molar-refractivity contribution in [3.63, 3.8) is 0 Å². The van der Waals surface area contributed by atoms with Crippen molar-refractivity contribution in [2.24, 2.45) is 0 Å². The van der Waals surface area contributed by atoms with Gasteiger partial charge in [0.05, 0.1) is 22.4 Å². The van der Waals surface area contributed by atoms with E-state index in [1.54, 1.807) is 0 Å². The first-order valence-corrected chi connectivity index (χ1v) is 15.6. The number of fused-ring (bicyclic) bond motifs is 6. The molecule has 3 aromatic carbocycles. The zero-order valence-electron chi connectivity index (χ0n) is 26.2. The summed E-state index contributed by atoms with van der Waals surface area (Å²) in [6.45, 7) is 11.0. The summed E-state index contributed by atoms with van der Waals surface area (Å²) >= 11 is 0. The van der Waals surface area contributed by atoms with E-state index in [1.807, 2.05) is 31.3 Å². The van der Waals surface area contributed by atoms with Crippen molar-refractivity contribution in [3.8, 4) is 17.1 Å². The van der Waals surface area contributed by atoms with E-state index in [0.717, 1.165) is 55.9 Å². The van der Waals surface area contributed by atoms with Crippen LogP contribution >= 0.6 is 0 Å². The summed E-state index contributed by atoms with van der Waals surface area (Å²) in [4.78, 5) is 14.8. The Hall–Kier alpha value is -5.29. The second kappa shape index (κ2) is 10.1. The van der Waals surface area contributed by atoms with Crippen molar-refractivity contribution in [3.05, 3.63) is 132 Å². The lowest BCUT2D eigenvalue weighted by atomic mass is 9.79. The quantitative estimate of drug-likeness (QED) is 0.201. The zero-order valence-corrected chi connectivity index (χ0v) is 26.2. The van der Waals surface area contributed by atoms with E-state index in [4.69, 9.17) is 14.4 Å². The van der Waals surface area contributed by atoms with Crippen LogP contribution in [0.15, 0.2) is 114 Å². The number of aryl methyl sites for hydroxylation is 1. The highest BCUT2D eigenvalue weighted by atomic mass is 16.3. The molecule has 0 aliphatic heterocycles. The van der Waals surface area contributed by atoms with Crippen LogP contribution in [0.5, 0.6) is 0 Å². The number of hydrogen-bond acceptors (Lipinski definition) is 4. The predicted octanol–water partition coefficient (Wildman–Crippen LogP) is 10.3. The molecule has 0 radical (unpaired) electrons. The summed E-state index contributed by atoms with van der Waals surface area (Å²) in [5.41, 5.74) is 9.66. The molecule has 0 N–H and O–H groups in total. The van der Waals surface area contributed by atoms with Gasteiger partial charge in [0.2, 0.25) is 5.71 Å². The maximum absolute atomic E-state index is 6.40. The standard InChI is InChI=1S/C40H34N4O/c1-24(2)26-21-33(32-13-10-12-30-31-18-16-25(3)42-39(31)45-38(30)32)43-36(22-26)40(4,5)27-17-19-29-28-11-6-7-14-34(28)44(35(29)23-27)37-15-8-9-20-41-37/h6-24H,1-5H3. The second-order valence-electron chi connectivity index (χ2n) is 12.8. The van der Waals surface area contributed by atoms with Crippen molar-refractivity contribution in [1.82, 2.24) is 19.5 Å². The number of hydrogen-bond donors (Lipinski definition) is 0. The van der Waals surface area contributed by atoms with E-state index in [9.17, 15) is 0 Å². The summed E-state index contributed by atoms with van der Waals surface area (Å²) in [6, 6.07) is 36.4. The summed E-state index contributed by atoms with van der Waals surface area (Å²) in [5.74, 6) is 1.24. The van der Waals surface area contributed by atoms with Gasteiger partial charge in [0.15, 0.2) is 0 Å². The molecule has 0 saturated carbocycles. The van der Waals surface area contributed by atoms with Crippen molar-refractivity contribution in [2.45, 2.75) is 46.0 Å². The minimum absolute atomic E-state index is 0.328. The van der Waals surface area contributed by atoms with E-state index in [2.05, 4.69) is 122 Å². The van der Waals surface area contributed by atoms with Crippen molar-refractivity contribution < 1.29 is 4.42 Å². The summed E-state index contributed by atoms with van der Waals surface area (Å²) in [6.07, 6.45) is 1.85. The molecule has 0 fully saturated rings. The first-order chi connectivity index (χ1) is 21.8. The van der Waals surface area contributed by atoms with Crippen molar-refractivity contribution in [1.29, 1.82) is 0 Å². The number of pyridine rings is 3. The lowest BCUT2D eigenvalue weighted by molar-refractivity contribution is 0.615. The molecule has 0 spiro atoms. The minimum atomic E-state index is -0.389. The molecular weight excluding hydrogens is 552 g/mol. The number of benzene rings is 3. The molecule has 0 saturated heterocycles. The van der Waals surface area contributed by atoms with E-state index >= 15 is 0 Å². The number of rotatable bonds is 5. The number of para-hydroxylation sites is 2. The molecule has 220 valence electrons. The first kappa shape index (κ1) is 27.3. The molecule has 45 heavy (non-hydrogen) atoms. The molecule has 5 nitrogen and oxygen atoms in total. The van der Waals surface area contributed by atoms with Crippen LogP contribution in [0.25, 0.3) is 61.0 Å². The summed E-state index contributed by atoms with van der Waals surface area (Å²) < 4.78 is 8.67. The van der Waals surface area contributed by atoms with E-state index in [0.29, 0.717) is 11.6 Å².